The van der Waals surface area contributed by atoms with Crippen LogP contribution in [-0.4, -0.2) is 12.3 Å². The Morgan fingerprint density at radius 2 is 1.72 bits per heavy atom. The number of hydrogen-bond acceptors (Lipinski definition) is 2. The minimum Gasteiger partial charge on any atom is -0.406 e. The number of benzene rings is 3. The van der Waals surface area contributed by atoms with Crippen LogP contribution in [0, 0.1) is 6.92 Å². The average molecular weight is 345 g/mol. The van der Waals surface area contributed by atoms with Gasteiger partial charge in [-0.2, -0.15) is 0 Å². The minimum absolute atomic E-state index is 0.334. The second kappa shape index (κ2) is 6.47. The molecular formula is C19H14F3NO2. The van der Waals surface area contributed by atoms with E-state index < -0.39 is 6.36 Å². The van der Waals surface area contributed by atoms with E-state index in [1.807, 2.05) is 31.2 Å². The SMILES string of the molecule is Cc1ccc2c(C(=O)Nc3ccc(OC(F)(F)F)cc3)cccc2c1. The highest BCUT2D eigenvalue weighted by Gasteiger charge is 2.30. The second-order valence-corrected chi connectivity index (χ2v) is 5.56. The molecule has 0 saturated carbocycles. The molecule has 0 aliphatic heterocycles. The van der Waals surface area contributed by atoms with Crippen LogP contribution in [0.15, 0.2) is 60.7 Å². The van der Waals surface area contributed by atoms with Gasteiger partial charge in [-0.25, -0.2) is 0 Å². The third kappa shape index (κ3) is 4.09. The van der Waals surface area contributed by atoms with Gasteiger partial charge < -0.3 is 10.1 Å². The highest BCUT2D eigenvalue weighted by Crippen LogP contribution is 2.25. The first kappa shape index (κ1) is 16.8. The Balaban J connectivity index is 1.81. The maximum absolute atomic E-state index is 12.5. The summed E-state index contributed by atoms with van der Waals surface area (Å²) in [6.45, 7) is 1.97. The molecule has 0 saturated heterocycles. The van der Waals surface area contributed by atoms with Gasteiger partial charge in [-0.05, 0) is 48.0 Å². The summed E-state index contributed by atoms with van der Waals surface area (Å²) >= 11 is 0. The number of halogens is 3. The van der Waals surface area contributed by atoms with Crippen molar-refractivity contribution in [2.24, 2.45) is 0 Å². The third-order valence-corrected chi connectivity index (χ3v) is 3.63. The van der Waals surface area contributed by atoms with Crippen molar-refractivity contribution in [1.29, 1.82) is 0 Å². The largest absolute Gasteiger partial charge is 0.573 e. The number of nitrogens with one attached hydrogen (secondary N) is 1. The Morgan fingerprint density at radius 1 is 1.00 bits per heavy atom. The summed E-state index contributed by atoms with van der Waals surface area (Å²) in [5.41, 5.74) is 1.96. The number of rotatable bonds is 3. The van der Waals surface area contributed by atoms with E-state index in [0.717, 1.165) is 28.5 Å². The number of carbonyl (C=O) groups excluding carboxylic acids is 1. The van der Waals surface area contributed by atoms with Crippen molar-refractivity contribution >= 4 is 22.4 Å². The van der Waals surface area contributed by atoms with Crippen LogP contribution in [0.1, 0.15) is 15.9 Å². The van der Waals surface area contributed by atoms with Crippen LogP contribution in [0.5, 0.6) is 5.75 Å². The Bertz CT molecular complexity index is 918. The first-order valence-corrected chi connectivity index (χ1v) is 7.48. The van der Waals surface area contributed by atoms with Crippen molar-refractivity contribution in [2.45, 2.75) is 13.3 Å². The van der Waals surface area contributed by atoms with Gasteiger partial charge in [0.15, 0.2) is 0 Å². The first-order valence-electron chi connectivity index (χ1n) is 7.48. The maximum Gasteiger partial charge on any atom is 0.573 e. The molecule has 0 radical (unpaired) electrons. The normalized spacial score (nSPS) is 11.4. The van der Waals surface area contributed by atoms with Gasteiger partial charge in [-0.1, -0.05) is 35.9 Å². The van der Waals surface area contributed by atoms with E-state index >= 15 is 0 Å². The molecule has 0 bridgehead atoms. The predicted octanol–water partition coefficient (Wildman–Crippen LogP) is 5.30. The fourth-order valence-electron chi connectivity index (χ4n) is 2.54. The molecule has 128 valence electrons. The molecule has 25 heavy (non-hydrogen) atoms. The van der Waals surface area contributed by atoms with Crippen LogP contribution < -0.4 is 10.1 Å². The van der Waals surface area contributed by atoms with Crippen LogP contribution in [0.2, 0.25) is 0 Å². The van der Waals surface area contributed by atoms with E-state index in [4.69, 9.17) is 0 Å². The van der Waals surface area contributed by atoms with E-state index in [1.54, 1.807) is 12.1 Å². The lowest BCUT2D eigenvalue weighted by Gasteiger charge is -2.11. The summed E-state index contributed by atoms with van der Waals surface area (Å²) in [6.07, 6.45) is -4.74. The molecule has 0 aliphatic carbocycles. The lowest BCUT2D eigenvalue weighted by atomic mass is 10.0. The van der Waals surface area contributed by atoms with Crippen LogP contribution in [-0.2, 0) is 0 Å². The standard InChI is InChI=1S/C19H14F3NO2/c1-12-5-10-16-13(11-12)3-2-4-17(16)18(24)23-14-6-8-15(9-7-14)25-19(20,21)22/h2-11H,1H3,(H,23,24). The lowest BCUT2D eigenvalue weighted by molar-refractivity contribution is -0.274. The van der Waals surface area contributed by atoms with Gasteiger partial charge in [-0.3, -0.25) is 4.79 Å². The van der Waals surface area contributed by atoms with Crippen molar-refractivity contribution in [3.8, 4) is 5.75 Å². The topological polar surface area (TPSA) is 38.3 Å². The molecule has 0 aromatic heterocycles. The summed E-state index contributed by atoms with van der Waals surface area (Å²) in [4.78, 5) is 12.5. The molecule has 3 rings (SSSR count). The van der Waals surface area contributed by atoms with Crippen molar-refractivity contribution in [3.05, 3.63) is 71.8 Å². The minimum atomic E-state index is -4.74. The number of alkyl halides is 3. The molecular weight excluding hydrogens is 331 g/mol. The molecule has 0 atom stereocenters. The Labute approximate surface area is 142 Å². The molecule has 0 unspecified atom stereocenters. The molecule has 0 aliphatic rings. The van der Waals surface area contributed by atoms with Crippen LogP contribution in [0.4, 0.5) is 18.9 Å². The van der Waals surface area contributed by atoms with E-state index in [1.165, 1.54) is 12.1 Å². The molecule has 3 aromatic rings. The highest BCUT2D eigenvalue weighted by molar-refractivity contribution is 6.13. The molecule has 0 spiro atoms. The fraction of sp³-hybridized carbons (Fsp3) is 0.105. The summed E-state index contributed by atoms with van der Waals surface area (Å²) < 4.78 is 40.3. The van der Waals surface area contributed by atoms with Crippen molar-refractivity contribution in [1.82, 2.24) is 0 Å². The number of aryl methyl sites for hydroxylation is 1. The number of carbonyl (C=O) groups is 1. The van der Waals surface area contributed by atoms with E-state index in [0.29, 0.717) is 11.3 Å². The number of anilines is 1. The monoisotopic (exact) mass is 345 g/mol. The predicted molar refractivity (Wildman–Crippen MR) is 89.8 cm³/mol. The zero-order chi connectivity index (χ0) is 18.0. The Kier molecular flexibility index (Phi) is 4.35. The summed E-state index contributed by atoms with van der Waals surface area (Å²) in [6, 6.07) is 16.2. The van der Waals surface area contributed by atoms with Crippen molar-refractivity contribution < 1.29 is 22.7 Å². The smallest absolute Gasteiger partial charge is 0.406 e. The van der Waals surface area contributed by atoms with Gasteiger partial charge >= 0.3 is 6.36 Å². The summed E-state index contributed by atoms with van der Waals surface area (Å²) in [5.74, 6) is -0.676. The number of ether oxygens (including phenoxy) is 1. The zero-order valence-corrected chi connectivity index (χ0v) is 13.2. The van der Waals surface area contributed by atoms with Crippen LogP contribution in [0.3, 0.4) is 0 Å². The van der Waals surface area contributed by atoms with Gasteiger partial charge in [0.2, 0.25) is 0 Å². The molecule has 1 amide bonds. The maximum atomic E-state index is 12.5. The van der Waals surface area contributed by atoms with E-state index in [2.05, 4.69) is 10.1 Å². The Morgan fingerprint density at radius 3 is 2.40 bits per heavy atom. The van der Waals surface area contributed by atoms with E-state index in [9.17, 15) is 18.0 Å². The molecule has 0 heterocycles. The summed E-state index contributed by atoms with van der Waals surface area (Å²) in [7, 11) is 0. The molecule has 6 heteroatoms. The van der Waals surface area contributed by atoms with Crippen molar-refractivity contribution in [2.75, 3.05) is 5.32 Å². The van der Waals surface area contributed by atoms with Gasteiger partial charge in [0, 0.05) is 11.3 Å². The number of hydrogen-bond donors (Lipinski definition) is 1. The quantitative estimate of drug-likeness (QED) is 0.700. The summed E-state index contributed by atoms with van der Waals surface area (Å²) in [5, 5.41) is 4.43. The van der Waals surface area contributed by atoms with Crippen LogP contribution >= 0.6 is 0 Å². The zero-order valence-electron chi connectivity index (χ0n) is 13.2. The lowest BCUT2D eigenvalue weighted by Crippen LogP contribution is -2.17. The molecule has 3 aromatic carbocycles. The van der Waals surface area contributed by atoms with Gasteiger partial charge in [0.25, 0.3) is 5.91 Å². The van der Waals surface area contributed by atoms with Gasteiger partial charge in [-0.15, -0.1) is 13.2 Å². The second-order valence-electron chi connectivity index (χ2n) is 5.56. The van der Waals surface area contributed by atoms with Gasteiger partial charge in [0.1, 0.15) is 5.75 Å². The van der Waals surface area contributed by atoms with E-state index in [-0.39, 0.29) is 11.7 Å². The molecule has 3 nitrogen and oxygen atoms in total. The fourth-order valence-corrected chi connectivity index (χ4v) is 2.54. The van der Waals surface area contributed by atoms with Crippen molar-refractivity contribution in [3.63, 3.8) is 0 Å². The first-order chi connectivity index (χ1) is 11.8. The third-order valence-electron chi connectivity index (χ3n) is 3.63. The van der Waals surface area contributed by atoms with Crippen LogP contribution in [0.25, 0.3) is 10.8 Å². The molecule has 1 N–H and O–H groups in total. The highest BCUT2D eigenvalue weighted by atomic mass is 19.4. The average Bonchev–Trinajstić information content (AvgIpc) is 2.54. The number of amides is 1. The number of fused-ring (bicyclic) bond motifs is 1. The molecule has 0 fully saturated rings. The Hall–Kier alpha value is -3.02. The van der Waals surface area contributed by atoms with Gasteiger partial charge in [0.05, 0.1) is 0 Å².